The molecule has 7 heteroatoms. The summed E-state index contributed by atoms with van der Waals surface area (Å²) in [5.74, 6) is 0.405. The van der Waals surface area contributed by atoms with Crippen LogP contribution in [0.1, 0.15) is 13.8 Å². The zero-order chi connectivity index (χ0) is 12.1. The van der Waals surface area contributed by atoms with Gasteiger partial charge in [-0.2, -0.15) is 0 Å². The van der Waals surface area contributed by atoms with Crippen molar-refractivity contribution in [3.05, 3.63) is 16.0 Å². The van der Waals surface area contributed by atoms with Crippen LogP contribution in [0.3, 0.4) is 0 Å². The molecule has 0 aliphatic rings. The zero-order valence-corrected chi connectivity index (χ0v) is 11.3. The van der Waals surface area contributed by atoms with Crippen LogP contribution in [0.2, 0.25) is 5.15 Å². The van der Waals surface area contributed by atoms with Crippen LogP contribution in [0, 0.1) is 0 Å². The van der Waals surface area contributed by atoms with Crippen molar-refractivity contribution >= 4 is 39.3 Å². The van der Waals surface area contributed by atoms with Crippen molar-refractivity contribution in [2.75, 3.05) is 11.9 Å². The summed E-state index contributed by atoms with van der Waals surface area (Å²) in [4.78, 5) is 19.3. The Kier molecular flexibility index (Phi) is 4.95. The molecule has 1 heterocycles. The highest BCUT2D eigenvalue weighted by atomic mass is 79.9. The lowest BCUT2D eigenvalue weighted by Gasteiger charge is -2.14. The van der Waals surface area contributed by atoms with Crippen molar-refractivity contribution in [1.29, 1.82) is 0 Å². The molecule has 0 aliphatic heterocycles. The van der Waals surface area contributed by atoms with Crippen LogP contribution in [-0.2, 0) is 4.79 Å². The van der Waals surface area contributed by atoms with E-state index in [0.29, 0.717) is 22.0 Å². The number of carbonyl (C=O) groups excluding carboxylic acids is 1. The molecule has 0 fully saturated rings. The van der Waals surface area contributed by atoms with Gasteiger partial charge < -0.3 is 10.6 Å². The predicted octanol–water partition coefficient (Wildman–Crippen LogP) is 1.83. The Morgan fingerprint density at radius 3 is 2.94 bits per heavy atom. The summed E-state index contributed by atoms with van der Waals surface area (Å²) in [7, 11) is 0. The first-order valence-corrected chi connectivity index (χ1v) is 5.93. The third-order valence-corrected chi connectivity index (χ3v) is 3.11. The van der Waals surface area contributed by atoms with Gasteiger partial charge in [0.2, 0.25) is 5.91 Å². The predicted molar refractivity (Wildman–Crippen MR) is 66.5 cm³/mol. The van der Waals surface area contributed by atoms with Crippen LogP contribution in [0.4, 0.5) is 5.82 Å². The van der Waals surface area contributed by atoms with Gasteiger partial charge in [-0.25, -0.2) is 9.97 Å². The summed E-state index contributed by atoms with van der Waals surface area (Å²) in [5, 5.41) is 5.95. The summed E-state index contributed by atoms with van der Waals surface area (Å²) >= 11 is 9.05. The topological polar surface area (TPSA) is 66.9 Å². The number of nitrogens with zero attached hydrogens (tertiary/aromatic N) is 2. The molecular formula is C9H12BrClN4O. The minimum absolute atomic E-state index is 0.0934. The van der Waals surface area contributed by atoms with Crippen LogP contribution < -0.4 is 10.6 Å². The molecule has 0 aromatic carbocycles. The minimum atomic E-state index is -0.387. The van der Waals surface area contributed by atoms with Crippen molar-refractivity contribution in [3.8, 4) is 0 Å². The number of hydrogen-bond donors (Lipinski definition) is 2. The monoisotopic (exact) mass is 306 g/mol. The summed E-state index contributed by atoms with van der Waals surface area (Å²) in [5.41, 5.74) is 0. The van der Waals surface area contributed by atoms with E-state index in [1.54, 1.807) is 6.92 Å². The zero-order valence-electron chi connectivity index (χ0n) is 8.92. The minimum Gasteiger partial charge on any atom is -0.358 e. The number of hydrogen-bond acceptors (Lipinski definition) is 4. The van der Waals surface area contributed by atoms with E-state index >= 15 is 0 Å². The van der Waals surface area contributed by atoms with Gasteiger partial charge in [0.15, 0.2) is 0 Å². The van der Waals surface area contributed by atoms with Gasteiger partial charge in [-0.3, -0.25) is 4.79 Å². The van der Waals surface area contributed by atoms with E-state index in [2.05, 4.69) is 36.5 Å². The van der Waals surface area contributed by atoms with Crippen LogP contribution in [0.25, 0.3) is 0 Å². The van der Waals surface area contributed by atoms with Gasteiger partial charge in [-0.05, 0) is 29.8 Å². The van der Waals surface area contributed by atoms with Crippen LogP contribution in [0.15, 0.2) is 10.8 Å². The molecule has 0 bridgehead atoms. The Morgan fingerprint density at radius 2 is 2.31 bits per heavy atom. The maximum absolute atomic E-state index is 11.5. The fourth-order valence-corrected chi connectivity index (χ4v) is 1.50. The average Bonchev–Trinajstić information content (AvgIpc) is 2.25. The highest BCUT2D eigenvalue weighted by molar-refractivity contribution is 9.10. The molecule has 1 aromatic rings. The lowest BCUT2D eigenvalue weighted by molar-refractivity contribution is -0.121. The molecule has 0 saturated heterocycles. The largest absolute Gasteiger partial charge is 0.358 e. The van der Waals surface area contributed by atoms with Crippen molar-refractivity contribution < 1.29 is 4.79 Å². The lowest BCUT2D eigenvalue weighted by atomic mass is 10.3. The first-order valence-electron chi connectivity index (χ1n) is 4.76. The van der Waals surface area contributed by atoms with Crippen molar-refractivity contribution in [2.45, 2.75) is 19.9 Å². The number of rotatable bonds is 4. The van der Waals surface area contributed by atoms with E-state index in [0.717, 1.165) is 0 Å². The number of aromatic nitrogens is 2. The molecule has 1 aromatic heterocycles. The summed E-state index contributed by atoms with van der Waals surface area (Å²) in [6.07, 6.45) is 1.33. The lowest BCUT2D eigenvalue weighted by Crippen LogP contribution is -2.37. The smallest absolute Gasteiger partial charge is 0.242 e. The van der Waals surface area contributed by atoms with Gasteiger partial charge >= 0.3 is 0 Å². The third kappa shape index (κ3) is 3.31. The first-order chi connectivity index (χ1) is 7.56. The van der Waals surface area contributed by atoms with Gasteiger partial charge in [0, 0.05) is 6.54 Å². The van der Waals surface area contributed by atoms with Gasteiger partial charge in [-0.15, -0.1) is 0 Å². The Balaban J connectivity index is 2.73. The number of halogens is 2. The Hall–Kier alpha value is -0.880. The average molecular weight is 308 g/mol. The second-order valence-electron chi connectivity index (χ2n) is 3.09. The van der Waals surface area contributed by atoms with Gasteiger partial charge in [0.05, 0.1) is 4.47 Å². The maximum atomic E-state index is 11.5. The van der Waals surface area contributed by atoms with Crippen LogP contribution >= 0.6 is 27.5 Å². The fourth-order valence-electron chi connectivity index (χ4n) is 1.05. The van der Waals surface area contributed by atoms with Gasteiger partial charge in [-0.1, -0.05) is 11.6 Å². The third-order valence-electron chi connectivity index (χ3n) is 1.84. The Bertz CT molecular complexity index is 388. The molecule has 1 atom stereocenters. The fraction of sp³-hybridized carbons (Fsp3) is 0.444. The van der Waals surface area contributed by atoms with E-state index in [9.17, 15) is 4.79 Å². The van der Waals surface area contributed by atoms with Crippen molar-refractivity contribution in [3.63, 3.8) is 0 Å². The Morgan fingerprint density at radius 1 is 1.62 bits per heavy atom. The number of likely N-dealkylation sites (N-methyl/N-ethyl adjacent to an activating group) is 1. The standard InChI is InChI=1S/C9H12BrClN4O/c1-3-12-9(16)5(2)15-8-6(10)7(11)13-4-14-8/h4-5H,3H2,1-2H3,(H,12,16)(H,13,14,15). The van der Waals surface area contributed by atoms with E-state index in [-0.39, 0.29) is 11.9 Å². The number of amides is 1. The van der Waals surface area contributed by atoms with Crippen LogP contribution in [-0.4, -0.2) is 28.5 Å². The molecule has 5 nitrogen and oxygen atoms in total. The van der Waals surface area contributed by atoms with Crippen LogP contribution in [0.5, 0.6) is 0 Å². The highest BCUT2D eigenvalue weighted by Crippen LogP contribution is 2.26. The molecule has 1 amide bonds. The molecule has 0 saturated carbocycles. The molecule has 0 radical (unpaired) electrons. The van der Waals surface area contributed by atoms with E-state index in [1.807, 2.05) is 6.92 Å². The molecule has 1 rings (SSSR count). The van der Waals surface area contributed by atoms with Crippen molar-refractivity contribution in [1.82, 2.24) is 15.3 Å². The molecule has 1 unspecified atom stereocenters. The number of carbonyl (C=O) groups is 1. The summed E-state index contributed by atoms with van der Waals surface area (Å²) < 4.78 is 0.549. The quantitative estimate of drug-likeness (QED) is 0.833. The molecule has 0 spiro atoms. The highest BCUT2D eigenvalue weighted by Gasteiger charge is 2.14. The van der Waals surface area contributed by atoms with Gasteiger partial charge in [0.1, 0.15) is 23.3 Å². The SMILES string of the molecule is CCNC(=O)C(C)Nc1ncnc(Cl)c1Br. The summed E-state index contributed by atoms with van der Waals surface area (Å²) in [6, 6.07) is -0.387. The molecular weight excluding hydrogens is 295 g/mol. The molecule has 0 aliphatic carbocycles. The first kappa shape index (κ1) is 13.2. The van der Waals surface area contributed by atoms with Gasteiger partial charge in [0.25, 0.3) is 0 Å². The van der Waals surface area contributed by atoms with E-state index in [4.69, 9.17) is 11.6 Å². The second kappa shape index (κ2) is 6.00. The second-order valence-corrected chi connectivity index (χ2v) is 4.24. The maximum Gasteiger partial charge on any atom is 0.242 e. The molecule has 16 heavy (non-hydrogen) atoms. The molecule has 2 N–H and O–H groups in total. The Labute approximate surface area is 107 Å². The number of anilines is 1. The normalized spacial score (nSPS) is 12.0. The molecule has 88 valence electrons. The van der Waals surface area contributed by atoms with E-state index in [1.165, 1.54) is 6.33 Å². The summed E-state index contributed by atoms with van der Waals surface area (Å²) in [6.45, 7) is 4.20. The van der Waals surface area contributed by atoms with E-state index < -0.39 is 0 Å². The number of nitrogens with one attached hydrogen (secondary N) is 2. The van der Waals surface area contributed by atoms with Crippen molar-refractivity contribution in [2.24, 2.45) is 0 Å².